The van der Waals surface area contributed by atoms with Gasteiger partial charge in [-0.3, -0.25) is 0 Å². The minimum Gasteiger partial charge on any atom is -0.391 e. The molecular weight excluding hydrogens is 174 g/mol. The summed E-state index contributed by atoms with van der Waals surface area (Å²) in [6, 6.07) is 0. The van der Waals surface area contributed by atoms with Crippen LogP contribution in [0.4, 0.5) is 0 Å². The van der Waals surface area contributed by atoms with Crippen LogP contribution in [0.2, 0.25) is 0 Å². The molecule has 3 rings (SSSR count). The van der Waals surface area contributed by atoms with Crippen molar-refractivity contribution in [3.8, 4) is 0 Å². The molecule has 0 bridgehead atoms. The fourth-order valence-corrected chi connectivity index (χ4v) is 4.12. The molecule has 1 heterocycles. The molecule has 80 valence electrons. The molecule has 1 aliphatic heterocycles. The fraction of sp³-hybridized carbons (Fsp3) is 1.00. The van der Waals surface area contributed by atoms with Gasteiger partial charge in [0.05, 0.1) is 6.10 Å². The molecule has 3 aliphatic rings. The highest BCUT2D eigenvalue weighted by molar-refractivity contribution is 5.13. The van der Waals surface area contributed by atoms with Crippen LogP contribution in [0.15, 0.2) is 0 Å². The molecule has 3 fully saturated rings. The first-order valence-electron chi connectivity index (χ1n) is 6.21. The van der Waals surface area contributed by atoms with E-state index in [1.807, 2.05) is 0 Å². The third-order valence-electron chi connectivity index (χ3n) is 4.99. The lowest BCUT2D eigenvalue weighted by molar-refractivity contribution is 0.0168. The molecule has 2 spiro atoms. The molecule has 0 aromatic carbocycles. The predicted molar refractivity (Wildman–Crippen MR) is 56.1 cm³/mol. The number of rotatable bonds is 0. The number of aliphatic hydroxyl groups is 1. The van der Waals surface area contributed by atoms with Crippen LogP contribution in [0, 0.1) is 5.41 Å². The molecule has 14 heavy (non-hydrogen) atoms. The average Bonchev–Trinajstić information content (AvgIpc) is 2.89. The second kappa shape index (κ2) is 2.96. The highest BCUT2D eigenvalue weighted by Gasteiger charge is 2.57. The van der Waals surface area contributed by atoms with E-state index in [-0.39, 0.29) is 17.1 Å². The molecule has 2 aliphatic carbocycles. The maximum absolute atomic E-state index is 10.6. The van der Waals surface area contributed by atoms with Gasteiger partial charge in [0.25, 0.3) is 0 Å². The minimum atomic E-state index is -0.0556. The molecule has 2 heteroatoms. The molecule has 2 saturated carbocycles. The molecule has 0 radical (unpaired) electrons. The van der Waals surface area contributed by atoms with Crippen molar-refractivity contribution in [2.24, 2.45) is 5.41 Å². The van der Waals surface area contributed by atoms with Gasteiger partial charge in [-0.15, -0.1) is 0 Å². The van der Waals surface area contributed by atoms with Gasteiger partial charge < -0.3 is 10.4 Å². The molecular formula is C12H21NO. The van der Waals surface area contributed by atoms with E-state index in [1.165, 1.54) is 51.4 Å². The van der Waals surface area contributed by atoms with E-state index < -0.39 is 0 Å². The molecule has 0 amide bonds. The van der Waals surface area contributed by atoms with Crippen LogP contribution in [-0.4, -0.2) is 23.3 Å². The van der Waals surface area contributed by atoms with Crippen molar-refractivity contribution in [3.05, 3.63) is 0 Å². The zero-order valence-electron chi connectivity index (χ0n) is 8.89. The van der Waals surface area contributed by atoms with Crippen LogP contribution >= 0.6 is 0 Å². The highest BCUT2D eigenvalue weighted by atomic mass is 16.3. The highest BCUT2D eigenvalue weighted by Crippen LogP contribution is 2.51. The number of nitrogens with one attached hydrogen (secondary N) is 1. The third kappa shape index (κ3) is 1.04. The van der Waals surface area contributed by atoms with E-state index >= 15 is 0 Å². The van der Waals surface area contributed by atoms with Crippen molar-refractivity contribution in [2.45, 2.75) is 63.0 Å². The zero-order valence-corrected chi connectivity index (χ0v) is 8.89. The number of aliphatic hydroxyl groups excluding tert-OH is 1. The second-order valence-corrected chi connectivity index (χ2v) is 5.69. The Hall–Kier alpha value is -0.0800. The number of hydrogen-bond donors (Lipinski definition) is 2. The second-order valence-electron chi connectivity index (χ2n) is 5.69. The minimum absolute atomic E-state index is 0.0556. The van der Waals surface area contributed by atoms with Crippen LogP contribution in [0.1, 0.15) is 51.4 Å². The van der Waals surface area contributed by atoms with Crippen molar-refractivity contribution < 1.29 is 5.11 Å². The van der Waals surface area contributed by atoms with Crippen molar-refractivity contribution in [3.63, 3.8) is 0 Å². The average molecular weight is 195 g/mol. The molecule has 1 saturated heterocycles. The Bertz CT molecular complexity index is 202. The van der Waals surface area contributed by atoms with Crippen LogP contribution in [0.25, 0.3) is 0 Å². The van der Waals surface area contributed by atoms with Crippen molar-refractivity contribution in [1.82, 2.24) is 5.32 Å². The Morgan fingerprint density at radius 1 is 0.929 bits per heavy atom. The lowest BCUT2D eigenvalue weighted by atomic mass is 9.75. The summed E-state index contributed by atoms with van der Waals surface area (Å²) in [5, 5.41) is 14.2. The normalized spacial score (nSPS) is 38.8. The summed E-state index contributed by atoms with van der Waals surface area (Å²) in [6.07, 6.45) is 10.1. The zero-order chi connectivity index (χ0) is 9.65. The lowest BCUT2D eigenvalue weighted by Crippen LogP contribution is -2.47. The standard InChI is InChI=1S/C12H21NO/c14-10-11(5-1-2-6-11)9-13-12(10)7-3-4-8-12/h10,13-14H,1-9H2. The van der Waals surface area contributed by atoms with Gasteiger partial charge in [0.15, 0.2) is 0 Å². The number of hydrogen-bond acceptors (Lipinski definition) is 2. The van der Waals surface area contributed by atoms with Crippen molar-refractivity contribution in [2.75, 3.05) is 6.54 Å². The first-order chi connectivity index (χ1) is 6.78. The molecule has 1 unspecified atom stereocenters. The molecule has 0 aromatic heterocycles. The van der Waals surface area contributed by atoms with E-state index in [0.29, 0.717) is 0 Å². The summed E-state index contributed by atoms with van der Waals surface area (Å²) in [5.74, 6) is 0. The summed E-state index contributed by atoms with van der Waals surface area (Å²) < 4.78 is 0. The Labute approximate surface area is 86.1 Å². The van der Waals surface area contributed by atoms with Gasteiger partial charge in [0.2, 0.25) is 0 Å². The van der Waals surface area contributed by atoms with Gasteiger partial charge >= 0.3 is 0 Å². The summed E-state index contributed by atoms with van der Waals surface area (Å²) in [7, 11) is 0. The van der Waals surface area contributed by atoms with Gasteiger partial charge in [0.1, 0.15) is 0 Å². The predicted octanol–water partition coefficient (Wildman–Crippen LogP) is 1.82. The maximum atomic E-state index is 10.6. The Morgan fingerprint density at radius 2 is 1.50 bits per heavy atom. The van der Waals surface area contributed by atoms with E-state index in [9.17, 15) is 5.11 Å². The SMILES string of the molecule is OC1C2(CCCC2)CNC12CCCC2. The lowest BCUT2D eigenvalue weighted by Gasteiger charge is -2.34. The first kappa shape index (κ1) is 9.17. The molecule has 2 N–H and O–H groups in total. The van der Waals surface area contributed by atoms with E-state index in [4.69, 9.17) is 0 Å². The summed E-state index contributed by atoms with van der Waals surface area (Å²) in [5.41, 5.74) is 0.398. The van der Waals surface area contributed by atoms with Gasteiger partial charge in [0, 0.05) is 17.5 Å². The van der Waals surface area contributed by atoms with Crippen molar-refractivity contribution >= 4 is 0 Å². The van der Waals surface area contributed by atoms with Crippen LogP contribution in [0.3, 0.4) is 0 Å². The topological polar surface area (TPSA) is 32.3 Å². The third-order valence-corrected chi connectivity index (χ3v) is 4.99. The summed E-state index contributed by atoms with van der Waals surface area (Å²) in [6.45, 7) is 1.08. The molecule has 2 nitrogen and oxygen atoms in total. The van der Waals surface area contributed by atoms with Gasteiger partial charge in [-0.05, 0) is 25.7 Å². The van der Waals surface area contributed by atoms with E-state index in [1.54, 1.807) is 0 Å². The molecule has 0 aromatic rings. The van der Waals surface area contributed by atoms with E-state index in [2.05, 4.69) is 5.32 Å². The van der Waals surface area contributed by atoms with Gasteiger partial charge in [-0.1, -0.05) is 25.7 Å². The monoisotopic (exact) mass is 195 g/mol. The van der Waals surface area contributed by atoms with Crippen LogP contribution < -0.4 is 5.32 Å². The molecule has 1 atom stereocenters. The Morgan fingerprint density at radius 3 is 2.14 bits per heavy atom. The van der Waals surface area contributed by atoms with Gasteiger partial charge in [-0.2, -0.15) is 0 Å². The quantitative estimate of drug-likeness (QED) is 0.618. The fourth-order valence-electron chi connectivity index (χ4n) is 4.12. The summed E-state index contributed by atoms with van der Waals surface area (Å²) >= 11 is 0. The Balaban J connectivity index is 1.86. The Kier molecular flexibility index (Phi) is 1.94. The van der Waals surface area contributed by atoms with Gasteiger partial charge in [-0.25, -0.2) is 0 Å². The van der Waals surface area contributed by atoms with Crippen LogP contribution in [0.5, 0.6) is 0 Å². The first-order valence-corrected chi connectivity index (χ1v) is 6.21. The van der Waals surface area contributed by atoms with Crippen molar-refractivity contribution in [1.29, 1.82) is 0 Å². The smallest absolute Gasteiger partial charge is 0.0789 e. The van der Waals surface area contributed by atoms with Crippen LogP contribution in [-0.2, 0) is 0 Å². The summed E-state index contributed by atoms with van der Waals surface area (Å²) in [4.78, 5) is 0. The van der Waals surface area contributed by atoms with E-state index in [0.717, 1.165) is 6.54 Å². The largest absolute Gasteiger partial charge is 0.391 e. The maximum Gasteiger partial charge on any atom is 0.0789 e.